The molecule has 0 heterocycles. The van der Waals surface area contributed by atoms with Crippen LogP contribution in [0.15, 0.2) is 4.88 Å². The maximum atomic E-state index is 11.4. The number of carboxylic acids is 1. The molecule has 9 heteroatoms. The monoisotopic (exact) mass is 247 g/mol. The SMILES string of the molecule is [N-]=[N+]=NPNC(=O)C(CCCCN)C(=O)O. The molecule has 0 rings (SSSR count). The topological polar surface area (TPSA) is 141 Å². The lowest BCUT2D eigenvalue weighted by Crippen LogP contribution is -2.31. The standard InChI is InChI=1S/C7H14N5O3P/c8-4-2-1-3-5(7(14)15)6(13)10-16-12-11-9/h5,16H,1-4,8H2,(H,10,13)(H,14,15). The zero-order chi connectivity index (χ0) is 12.4. The lowest BCUT2D eigenvalue weighted by atomic mass is 10.0. The van der Waals surface area contributed by atoms with Gasteiger partial charge in [-0.1, -0.05) is 11.3 Å². The average Bonchev–Trinajstić information content (AvgIpc) is 2.24. The van der Waals surface area contributed by atoms with Crippen molar-refractivity contribution in [2.24, 2.45) is 16.5 Å². The Morgan fingerprint density at radius 3 is 2.75 bits per heavy atom. The fraction of sp³-hybridized carbons (Fsp3) is 0.714. The summed E-state index contributed by atoms with van der Waals surface area (Å²) in [6, 6.07) is 0. The van der Waals surface area contributed by atoms with Crippen molar-refractivity contribution in [3.63, 3.8) is 0 Å². The minimum Gasteiger partial charge on any atom is -0.481 e. The number of hydrogen-bond acceptors (Lipinski definition) is 4. The van der Waals surface area contributed by atoms with Crippen molar-refractivity contribution in [1.82, 2.24) is 5.09 Å². The Balaban J connectivity index is 4.13. The maximum absolute atomic E-state index is 11.4. The van der Waals surface area contributed by atoms with Crippen LogP contribution in [0.5, 0.6) is 0 Å². The Kier molecular flexibility index (Phi) is 8.15. The van der Waals surface area contributed by atoms with Gasteiger partial charge in [-0.25, -0.2) is 0 Å². The van der Waals surface area contributed by atoms with Crippen LogP contribution >= 0.6 is 8.88 Å². The van der Waals surface area contributed by atoms with Crippen molar-refractivity contribution in [3.8, 4) is 0 Å². The largest absolute Gasteiger partial charge is 0.481 e. The lowest BCUT2D eigenvalue weighted by molar-refractivity contribution is -0.146. The van der Waals surface area contributed by atoms with Gasteiger partial charge in [-0.2, -0.15) is 0 Å². The molecule has 90 valence electrons. The molecule has 0 aliphatic rings. The van der Waals surface area contributed by atoms with E-state index in [0.717, 1.165) is 0 Å². The summed E-state index contributed by atoms with van der Waals surface area (Å²) in [5, 5.41) is 11.1. The number of carbonyl (C=O) groups is 2. The quantitative estimate of drug-likeness (QED) is 0.145. The summed E-state index contributed by atoms with van der Waals surface area (Å²) in [6.07, 6.45) is 1.49. The van der Waals surface area contributed by atoms with E-state index in [-0.39, 0.29) is 6.42 Å². The summed E-state index contributed by atoms with van der Waals surface area (Å²) < 4.78 is 0. The van der Waals surface area contributed by atoms with Gasteiger partial charge in [0, 0.05) is 4.91 Å². The number of unbranched alkanes of at least 4 members (excludes halogenated alkanes) is 1. The van der Waals surface area contributed by atoms with Gasteiger partial charge >= 0.3 is 5.97 Å². The van der Waals surface area contributed by atoms with Crippen molar-refractivity contribution < 1.29 is 14.7 Å². The zero-order valence-corrected chi connectivity index (χ0v) is 9.59. The molecular formula is C7H14N5O3P. The molecular weight excluding hydrogens is 233 g/mol. The molecule has 2 atom stereocenters. The fourth-order valence-electron chi connectivity index (χ4n) is 1.05. The first kappa shape index (κ1) is 14.6. The number of carboxylic acid groups (broad SMARTS) is 1. The van der Waals surface area contributed by atoms with Crippen LogP contribution in [0.1, 0.15) is 19.3 Å². The second-order valence-corrected chi connectivity index (χ2v) is 3.64. The molecule has 0 spiro atoms. The highest BCUT2D eigenvalue weighted by atomic mass is 31.1. The van der Waals surface area contributed by atoms with Crippen LogP contribution < -0.4 is 10.8 Å². The van der Waals surface area contributed by atoms with E-state index in [1.165, 1.54) is 0 Å². The third kappa shape index (κ3) is 6.19. The molecule has 0 radical (unpaired) electrons. The van der Waals surface area contributed by atoms with Crippen molar-refractivity contribution in [2.75, 3.05) is 6.54 Å². The number of aliphatic carboxylic acids is 1. The van der Waals surface area contributed by atoms with Gasteiger partial charge in [0.1, 0.15) is 5.92 Å². The first-order valence-corrected chi connectivity index (χ1v) is 5.60. The molecule has 0 fully saturated rings. The number of amides is 1. The third-order valence-corrected chi connectivity index (χ3v) is 2.38. The van der Waals surface area contributed by atoms with Crippen molar-refractivity contribution in [1.29, 1.82) is 0 Å². The fourth-order valence-corrected chi connectivity index (χ4v) is 1.43. The molecule has 0 bridgehead atoms. The molecule has 0 saturated heterocycles. The predicted molar refractivity (Wildman–Crippen MR) is 59.6 cm³/mol. The smallest absolute Gasteiger partial charge is 0.316 e. The van der Waals surface area contributed by atoms with Gasteiger partial charge in [0.2, 0.25) is 5.91 Å². The number of azide groups is 1. The Morgan fingerprint density at radius 2 is 2.25 bits per heavy atom. The summed E-state index contributed by atoms with van der Waals surface area (Å²) in [5.74, 6) is -2.91. The highest BCUT2D eigenvalue weighted by molar-refractivity contribution is 7.34. The van der Waals surface area contributed by atoms with Gasteiger partial charge in [-0.15, -0.1) is 0 Å². The van der Waals surface area contributed by atoms with Crippen LogP contribution in [0.2, 0.25) is 0 Å². The van der Waals surface area contributed by atoms with E-state index < -0.39 is 26.7 Å². The molecule has 0 aliphatic carbocycles. The van der Waals surface area contributed by atoms with E-state index >= 15 is 0 Å². The zero-order valence-electron chi connectivity index (χ0n) is 8.59. The minimum atomic E-state index is -1.18. The number of nitrogens with two attached hydrogens (primary N) is 1. The van der Waals surface area contributed by atoms with E-state index in [1.54, 1.807) is 0 Å². The van der Waals surface area contributed by atoms with Crippen molar-refractivity contribution in [2.45, 2.75) is 19.3 Å². The Hall–Kier alpha value is -1.36. The summed E-state index contributed by atoms with van der Waals surface area (Å²) in [4.78, 5) is 27.7. The van der Waals surface area contributed by atoms with Crippen LogP contribution in [-0.4, -0.2) is 23.5 Å². The van der Waals surface area contributed by atoms with Crippen LogP contribution in [-0.2, 0) is 9.59 Å². The van der Waals surface area contributed by atoms with E-state index in [1.807, 2.05) is 0 Å². The number of carbonyl (C=O) groups excluding carboxylic acids is 1. The molecule has 1 amide bonds. The number of nitrogens with zero attached hydrogens (tertiary/aromatic N) is 3. The van der Waals surface area contributed by atoms with Crippen molar-refractivity contribution in [3.05, 3.63) is 10.4 Å². The van der Waals surface area contributed by atoms with E-state index in [9.17, 15) is 9.59 Å². The number of hydrogen-bond donors (Lipinski definition) is 3. The van der Waals surface area contributed by atoms with Gasteiger partial charge < -0.3 is 15.9 Å². The van der Waals surface area contributed by atoms with Crippen LogP contribution in [0, 0.1) is 5.92 Å². The second kappa shape index (κ2) is 8.91. The minimum absolute atomic E-state index is 0.235. The van der Waals surface area contributed by atoms with Crippen LogP contribution in [0.3, 0.4) is 0 Å². The number of rotatable bonds is 8. The van der Waals surface area contributed by atoms with Crippen LogP contribution in [0.4, 0.5) is 0 Å². The molecule has 0 saturated carbocycles. The van der Waals surface area contributed by atoms with Gasteiger partial charge in [-0.05, 0) is 24.9 Å². The highest BCUT2D eigenvalue weighted by Crippen LogP contribution is 2.13. The van der Waals surface area contributed by atoms with E-state index in [0.29, 0.717) is 19.4 Å². The van der Waals surface area contributed by atoms with E-state index in [2.05, 4.69) is 14.9 Å². The number of nitrogens with one attached hydrogen (secondary N) is 1. The van der Waals surface area contributed by atoms with Gasteiger partial charge in [0.05, 0.1) is 8.88 Å². The molecule has 16 heavy (non-hydrogen) atoms. The summed E-state index contributed by atoms with van der Waals surface area (Å²) in [7, 11) is -0.476. The first-order valence-electron chi connectivity index (χ1n) is 4.65. The van der Waals surface area contributed by atoms with Gasteiger partial charge in [0.25, 0.3) is 0 Å². The first-order chi connectivity index (χ1) is 7.63. The second-order valence-electron chi connectivity index (χ2n) is 2.97. The van der Waals surface area contributed by atoms with E-state index in [4.69, 9.17) is 16.4 Å². The maximum Gasteiger partial charge on any atom is 0.316 e. The highest BCUT2D eigenvalue weighted by Gasteiger charge is 2.24. The predicted octanol–water partition coefficient (Wildman–Crippen LogP) is 0.751. The molecule has 4 N–H and O–H groups in total. The molecule has 0 aromatic heterocycles. The summed E-state index contributed by atoms with van der Waals surface area (Å²) in [5.41, 5.74) is 13.2. The van der Waals surface area contributed by atoms with Crippen LogP contribution in [0.25, 0.3) is 10.4 Å². The van der Waals surface area contributed by atoms with Gasteiger partial charge in [-0.3, -0.25) is 9.59 Å². The molecule has 0 aromatic rings. The Morgan fingerprint density at radius 1 is 1.56 bits per heavy atom. The average molecular weight is 247 g/mol. The Bertz CT molecular complexity index is 292. The summed E-state index contributed by atoms with van der Waals surface area (Å²) in [6.45, 7) is 0.467. The Labute approximate surface area is 94.1 Å². The molecule has 0 aliphatic heterocycles. The van der Waals surface area contributed by atoms with Gasteiger partial charge in [0.15, 0.2) is 0 Å². The third-order valence-electron chi connectivity index (χ3n) is 1.84. The summed E-state index contributed by atoms with van der Waals surface area (Å²) >= 11 is 0. The normalized spacial score (nSPS) is 12.1. The lowest BCUT2D eigenvalue weighted by Gasteiger charge is -2.10. The van der Waals surface area contributed by atoms with Crippen molar-refractivity contribution >= 4 is 20.8 Å². The molecule has 2 unspecified atom stereocenters. The molecule has 0 aromatic carbocycles. The molecule has 8 nitrogen and oxygen atoms in total.